The van der Waals surface area contributed by atoms with Crippen molar-refractivity contribution in [3.63, 3.8) is 0 Å². The number of rotatable bonds is 4. The predicted octanol–water partition coefficient (Wildman–Crippen LogP) is 3.82. The first-order valence-electron chi connectivity index (χ1n) is 8.93. The largest absolute Gasteiger partial charge is 0.481 e. The second kappa shape index (κ2) is 8.07. The summed E-state index contributed by atoms with van der Waals surface area (Å²) in [5.41, 5.74) is 2.59. The van der Waals surface area contributed by atoms with Crippen LogP contribution in [-0.4, -0.2) is 40.1 Å². The Labute approximate surface area is 158 Å². The van der Waals surface area contributed by atoms with Crippen molar-refractivity contribution in [2.75, 3.05) is 18.4 Å². The Morgan fingerprint density at radius 1 is 1.19 bits per heavy atom. The van der Waals surface area contributed by atoms with Gasteiger partial charge in [-0.2, -0.15) is 0 Å². The maximum Gasteiger partial charge on any atom is 0.321 e. The highest BCUT2D eigenvalue weighted by molar-refractivity contribution is 5.90. The van der Waals surface area contributed by atoms with Gasteiger partial charge in [-0.3, -0.25) is 4.79 Å². The number of pyridine rings is 1. The topological polar surface area (TPSA) is 91.8 Å². The Hall–Kier alpha value is -3.09. The van der Waals surface area contributed by atoms with Crippen LogP contribution in [0.2, 0.25) is 0 Å². The van der Waals surface area contributed by atoms with E-state index in [4.69, 9.17) is 9.84 Å². The minimum Gasteiger partial charge on any atom is -0.481 e. The second-order valence-electron chi connectivity index (χ2n) is 6.69. The molecular formula is C20H23N3O4. The number of carboxylic acids is 1. The fourth-order valence-electron chi connectivity index (χ4n) is 3.03. The van der Waals surface area contributed by atoms with Crippen molar-refractivity contribution in [3.8, 4) is 11.6 Å². The lowest BCUT2D eigenvalue weighted by molar-refractivity contribution is -0.143. The molecule has 1 fully saturated rings. The minimum atomic E-state index is -0.800. The van der Waals surface area contributed by atoms with Crippen LogP contribution in [0.25, 0.3) is 0 Å². The number of amides is 2. The van der Waals surface area contributed by atoms with E-state index < -0.39 is 5.97 Å². The van der Waals surface area contributed by atoms with E-state index in [1.165, 1.54) is 0 Å². The molecular weight excluding hydrogens is 346 g/mol. The highest BCUT2D eigenvalue weighted by Gasteiger charge is 2.27. The van der Waals surface area contributed by atoms with Crippen molar-refractivity contribution in [2.45, 2.75) is 26.7 Å². The van der Waals surface area contributed by atoms with Crippen LogP contribution in [0, 0.1) is 19.8 Å². The van der Waals surface area contributed by atoms with E-state index in [1.54, 1.807) is 23.2 Å². The third-order valence-corrected chi connectivity index (χ3v) is 4.91. The van der Waals surface area contributed by atoms with Crippen LogP contribution in [0.4, 0.5) is 10.5 Å². The highest BCUT2D eigenvalue weighted by Crippen LogP contribution is 2.30. The van der Waals surface area contributed by atoms with Gasteiger partial charge in [-0.25, -0.2) is 9.78 Å². The number of anilines is 1. The van der Waals surface area contributed by atoms with Crippen LogP contribution >= 0.6 is 0 Å². The number of piperidine rings is 1. The first-order chi connectivity index (χ1) is 13.0. The van der Waals surface area contributed by atoms with Gasteiger partial charge < -0.3 is 20.1 Å². The van der Waals surface area contributed by atoms with Crippen molar-refractivity contribution in [1.82, 2.24) is 9.88 Å². The molecule has 1 saturated heterocycles. The summed E-state index contributed by atoms with van der Waals surface area (Å²) < 4.78 is 5.94. The molecule has 142 valence electrons. The number of hydrogen-bond donors (Lipinski definition) is 2. The van der Waals surface area contributed by atoms with E-state index in [1.807, 2.05) is 32.0 Å². The van der Waals surface area contributed by atoms with Crippen LogP contribution in [-0.2, 0) is 4.79 Å². The van der Waals surface area contributed by atoms with E-state index in [-0.39, 0.29) is 11.9 Å². The Bertz CT molecular complexity index is 845. The zero-order valence-corrected chi connectivity index (χ0v) is 15.4. The standard InChI is InChI=1S/C20H23N3O4/c1-13-5-3-7-17(14(13)2)27-18-16(6-4-10-21-18)22-20(26)23-11-8-15(9-12-23)19(24)25/h3-7,10,15H,8-9,11-12H2,1-2H3,(H,22,26)(H,24,25). The molecule has 2 N–H and O–H groups in total. The third-order valence-electron chi connectivity index (χ3n) is 4.91. The van der Waals surface area contributed by atoms with Crippen LogP contribution in [0.1, 0.15) is 24.0 Å². The number of carbonyl (C=O) groups is 2. The number of aliphatic carboxylic acids is 1. The van der Waals surface area contributed by atoms with E-state index in [0.29, 0.717) is 43.2 Å². The summed E-state index contributed by atoms with van der Waals surface area (Å²) in [5, 5.41) is 11.9. The van der Waals surface area contributed by atoms with Gasteiger partial charge in [0.1, 0.15) is 11.4 Å². The number of aryl methyl sites for hydroxylation is 1. The molecule has 1 aliphatic rings. The summed E-state index contributed by atoms with van der Waals surface area (Å²) in [6.45, 7) is 4.80. The van der Waals surface area contributed by atoms with Crippen molar-refractivity contribution >= 4 is 17.7 Å². The summed E-state index contributed by atoms with van der Waals surface area (Å²) >= 11 is 0. The second-order valence-corrected chi connectivity index (χ2v) is 6.69. The number of nitrogens with zero attached hydrogens (tertiary/aromatic N) is 2. The first-order valence-corrected chi connectivity index (χ1v) is 8.93. The van der Waals surface area contributed by atoms with Gasteiger partial charge in [0.2, 0.25) is 5.88 Å². The lowest BCUT2D eigenvalue weighted by atomic mass is 9.97. The van der Waals surface area contributed by atoms with Crippen molar-refractivity contribution in [3.05, 3.63) is 47.7 Å². The van der Waals surface area contributed by atoms with Crippen LogP contribution in [0.15, 0.2) is 36.5 Å². The smallest absolute Gasteiger partial charge is 0.321 e. The fraction of sp³-hybridized carbons (Fsp3) is 0.350. The molecule has 1 aromatic heterocycles. The average Bonchev–Trinajstić information content (AvgIpc) is 2.67. The normalized spacial score (nSPS) is 14.7. The van der Waals surface area contributed by atoms with Gasteiger partial charge >= 0.3 is 12.0 Å². The molecule has 0 atom stereocenters. The van der Waals surface area contributed by atoms with E-state index in [9.17, 15) is 9.59 Å². The first kappa shape index (κ1) is 18.7. The molecule has 1 aliphatic heterocycles. The Morgan fingerprint density at radius 3 is 2.63 bits per heavy atom. The van der Waals surface area contributed by atoms with E-state index in [2.05, 4.69) is 10.3 Å². The maximum absolute atomic E-state index is 12.6. The molecule has 0 spiro atoms. The molecule has 3 rings (SSSR count). The number of nitrogens with one attached hydrogen (secondary N) is 1. The van der Waals surface area contributed by atoms with Gasteiger partial charge in [0, 0.05) is 19.3 Å². The van der Waals surface area contributed by atoms with Crippen molar-refractivity contribution in [1.29, 1.82) is 0 Å². The lowest BCUT2D eigenvalue weighted by Gasteiger charge is -2.30. The monoisotopic (exact) mass is 369 g/mol. The van der Waals surface area contributed by atoms with Gasteiger partial charge in [0.15, 0.2) is 0 Å². The number of carboxylic acid groups (broad SMARTS) is 1. The number of urea groups is 1. The number of aromatic nitrogens is 1. The third kappa shape index (κ3) is 4.36. The molecule has 0 saturated carbocycles. The number of benzene rings is 1. The number of hydrogen-bond acceptors (Lipinski definition) is 4. The Morgan fingerprint density at radius 2 is 1.93 bits per heavy atom. The van der Waals surface area contributed by atoms with Crippen molar-refractivity contribution in [2.24, 2.45) is 5.92 Å². The van der Waals surface area contributed by atoms with Gasteiger partial charge in [-0.15, -0.1) is 0 Å². The van der Waals surface area contributed by atoms with Gasteiger partial charge in [-0.05, 0) is 56.0 Å². The van der Waals surface area contributed by atoms with E-state index >= 15 is 0 Å². The quantitative estimate of drug-likeness (QED) is 0.855. The molecule has 2 heterocycles. The number of carbonyl (C=O) groups excluding carboxylic acids is 1. The molecule has 0 unspecified atom stereocenters. The molecule has 7 nitrogen and oxygen atoms in total. The number of likely N-dealkylation sites (tertiary alicyclic amines) is 1. The zero-order chi connectivity index (χ0) is 19.4. The molecule has 7 heteroatoms. The van der Waals surface area contributed by atoms with Crippen molar-refractivity contribution < 1.29 is 19.4 Å². The minimum absolute atomic E-state index is 0.280. The summed E-state index contributed by atoms with van der Waals surface area (Å²) in [4.78, 5) is 29.5. The summed E-state index contributed by atoms with van der Waals surface area (Å²) in [6, 6.07) is 8.95. The Kier molecular flexibility index (Phi) is 5.59. The molecule has 1 aromatic carbocycles. The van der Waals surface area contributed by atoms with Gasteiger partial charge in [-0.1, -0.05) is 12.1 Å². The van der Waals surface area contributed by atoms with Gasteiger partial charge in [0.25, 0.3) is 0 Å². The molecule has 0 bridgehead atoms. The zero-order valence-electron chi connectivity index (χ0n) is 15.4. The number of ether oxygens (including phenoxy) is 1. The maximum atomic E-state index is 12.6. The lowest BCUT2D eigenvalue weighted by Crippen LogP contribution is -2.42. The van der Waals surface area contributed by atoms with Crippen LogP contribution in [0.3, 0.4) is 0 Å². The SMILES string of the molecule is Cc1cccc(Oc2ncccc2NC(=O)N2CCC(C(=O)O)CC2)c1C. The molecule has 2 amide bonds. The molecule has 2 aromatic rings. The molecule has 0 radical (unpaired) electrons. The molecule has 0 aliphatic carbocycles. The van der Waals surface area contributed by atoms with Crippen LogP contribution in [0.5, 0.6) is 11.6 Å². The van der Waals surface area contributed by atoms with Gasteiger partial charge in [0.05, 0.1) is 5.92 Å². The average molecular weight is 369 g/mol. The highest BCUT2D eigenvalue weighted by atomic mass is 16.5. The Balaban J connectivity index is 1.70. The van der Waals surface area contributed by atoms with Crippen LogP contribution < -0.4 is 10.1 Å². The molecule has 27 heavy (non-hydrogen) atoms. The summed E-state index contributed by atoms with van der Waals surface area (Å²) in [7, 11) is 0. The fourth-order valence-corrected chi connectivity index (χ4v) is 3.03. The van der Waals surface area contributed by atoms with E-state index in [0.717, 1.165) is 11.1 Å². The summed E-state index contributed by atoms with van der Waals surface area (Å²) in [5.74, 6) is -0.173. The summed E-state index contributed by atoms with van der Waals surface area (Å²) in [6.07, 6.45) is 2.53. The predicted molar refractivity (Wildman–Crippen MR) is 101 cm³/mol.